The number of nitrogens with zero attached hydrogens (tertiary/aromatic N) is 2. The molecule has 0 aromatic heterocycles. The lowest BCUT2D eigenvalue weighted by molar-refractivity contribution is -0.119. The van der Waals surface area contributed by atoms with Gasteiger partial charge in [0.15, 0.2) is 5.96 Å². The summed E-state index contributed by atoms with van der Waals surface area (Å²) in [7, 11) is 0. The average molecular weight is 472 g/mol. The van der Waals surface area contributed by atoms with Gasteiger partial charge in [-0.3, -0.25) is 4.79 Å². The maximum atomic E-state index is 11.8. The smallest absolute Gasteiger partial charge is 0.241 e. The van der Waals surface area contributed by atoms with Gasteiger partial charge in [-0.05, 0) is 44.1 Å². The molecule has 0 spiro atoms. The summed E-state index contributed by atoms with van der Waals surface area (Å²) in [6.45, 7) is 7.85. The molecule has 0 bridgehead atoms. The maximum absolute atomic E-state index is 11.8. The van der Waals surface area contributed by atoms with E-state index in [9.17, 15) is 4.79 Å². The van der Waals surface area contributed by atoms with Gasteiger partial charge in [0.05, 0.1) is 0 Å². The summed E-state index contributed by atoms with van der Waals surface area (Å²) in [4.78, 5) is 18.6. The van der Waals surface area contributed by atoms with Crippen LogP contribution >= 0.6 is 24.0 Å². The van der Waals surface area contributed by atoms with E-state index in [0.29, 0.717) is 0 Å². The highest BCUT2D eigenvalue weighted by Crippen LogP contribution is 2.21. The zero-order valence-electron chi connectivity index (χ0n) is 16.0. The van der Waals surface area contributed by atoms with E-state index in [2.05, 4.69) is 57.8 Å². The minimum atomic E-state index is -0.00350. The monoisotopic (exact) mass is 472 g/mol. The van der Waals surface area contributed by atoms with Gasteiger partial charge in [-0.1, -0.05) is 37.3 Å². The molecule has 0 atom stereocenters. The number of likely N-dealkylation sites (tertiary alicyclic amines) is 1. The lowest BCUT2D eigenvalue weighted by Crippen LogP contribution is -2.46. The molecule has 1 aromatic rings. The number of nitrogens with one attached hydrogen (secondary N) is 2. The van der Waals surface area contributed by atoms with Crippen molar-refractivity contribution in [1.29, 1.82) is 0 Å². The first kappa shape index (κ1) is 22.7. The summed E-state index contributed by atoms with van der Waals surface area (Å²) in [6.07, 6.45) is 4.44. The van der Waals surface area contributed by atoms with Crippen molar-refractivity contribution in [3.8, 4) is 0 Å². The normalized spacial score (nSPS) is 15.3. The van der Waals surface area contributed by atoms with E-state index < -0.39 is 0 Å². The van der Waals surface area contributed by atoms with Crippen molar-refractivity contribution in [2.75, 3.05) is 32.7 Å². The number of aliphatic imine (C=N–C) groups is 1. The molecular formula is C20H33IN4O. The van der Waals surface area contributed by atoms with Crippen LogP contribution in [0.2, 0.25) is 0 Å². The molecule has 0 unspecified atom stereocenters. The Balaban J connectivity index is 0.00000338. The predicted molar refractivity (Wildman–Crippen MR) is 119 cm³/mol. The minimum Gasteiger partial charge on any atom is -0.357 e. The van der Waals surface area contributed by atoms with Crippen molar-refractivity contribution in [3.63, 3.8) is 0 Å². The van der Waals surface area contributed by atoms with Crippen molar-refractivity contribution in [3.05, 3.63) is 35.9 Å². The molecule has 0 radical (unpaired) electrons. The second-order valence-electron chi connectivity index (χ2n) is 6.64. The second-order valence-corrected chi connectivity index (χ2v) is 6.64. The van der Waals surface area contributed by atoms with Gasteiger partial charge in [0, 0.05) is 26.2 Å². The van der Waals surface area contributed by atoms with E-state index in [1.165, 1.54) is 18.4 Å². The molecule has 2 N–H and O–H groups in total. The van der Waals surface area contributed by atoms with Crippen LogP contribution in [0.3, 0.4) is 0 Å². The highest BCUT2D eigenvalue weighted by molar-refractivity contribution is 14.0. The molecule has 2 rings (SSSR count). The number of halogens is 1. The number of piperidine rings is 1. The zero-order chi connectivity index (χ0) is 17.9. The number of carbonyl (C=O) groups excluding carboxylic acids is 1. The Hall–Kier alpha value is -1.31. The largest absolute Gasteiger partial charge is 0.357 e. The Morgan fingerprint density at radius 1 is 1.15 bits per heavy atom. The third kappa shape index (κ3) is 7.93. The fourth-order valence-corrected chi connectivity index (χ4v) is 3.19. The standard InChI is InChI=1S/C20H32N4O.HI/c1-3-12-22-19(25)16-23-20(21-4-2)24-13-10-18(11-14-24)15-17-8-6-5-7-9-17;/h5-9,18H,3-4,10-16H2,1-2H3,(H,21,23)(H,22,25);1H. The van der Waals surface area contributed by atoms with Crippen LogP contribution in [0.1, 0.15) is 38.7 Å². The van der Waals surface area contributed by atoms with Gasteiger partial charge < -0.3 is 15.5 Å². The van der Waals surface area contributed by atoms with Gasteiger partial charge in [0.25, 0.3) is 0 Å². The molecule has 26 heavy (non-hydrogen) atoms. The first-order valence-electron chi connectivity index (χ1n) is 9.56. The van der Waals surface area contributed by atoms with Gasteiger partial charge in [-0.15, -0.1) is 24.0 Å². The van der Waals surface area contributed by atoms with Crippen molar-refractivity contribution in [1.82, 2.24) is 15.5 Å². The Kier molecular flexibility index (Phi) is 11.3. The molecule has 5 nitrogen and oxygen atoms in total. The molecule has 1 fully saturated rings. The Morgan fingerprint density at radius 2 is 1.85 bits per heavy atom. The summed E-state index contributed by atoms with van der Waals surface area (Å²) in [5.41, 5.74) is 1.43. The predicted octanol–water partition coefficient (Wildman–Crippen LogP) is 3.05. The lowest BCUT2D eigenvalue weighted by atomic mass is 9.90. The molecule has 146 valence electrons. The third-order valence-electron chi connectivity index (χ3n) is 4.56. The highest BCUT2D eigenvalue weighted by Gasteiger charge is 2.21. The molecule has 0 saturated carbocycles. The summed E-state index contributed by atoms with van der Waals surface area (Å²) < 4.78 is 0. The Morgan fingerprint density at radius 3 is 2.46 bits per heavy atom. The molecule has 6 heteroatoms. The fourth-order valence-electron chi connectivity index (χ4n) is 3.19. The first-order chi connectivity index (χ1) is 12.2. The van der Waals surface area contributed by atoms with Crippen molar-refractivity contribution < 1.29 is 4.79 Å². The third-order valence-corrected chi connectivity index (χ3v) is 4.56. The van der Waals surface area contributed by atoms with Crippen molar-refractivity contribution in [2.45, 2.75) is 39.5 Å². The van der Waals surface area contributed by atoms with Crippen LogP contribution < -0.4 is 10.6 Å². The van der Waals surface area contributed by atoms with Crippen LogP contribution in [0.15, 0.2) is 35.3 Å². The van der Waals surface area contributed by atoms with Crippen LogP contribution in [-0.2, 0) is 11.2 Å². The summed E-state index contributed by atoms with van der Waals surface area (Å²) >= 11 is 0. The van der Waals surface area contributed by atoms with Gasteiger partial charge in [0.1, 0.15) is 6.54 Å². The summed E-state index contributed by atoms with van der Waals surface area (Å²) in [5, 5.41) is 6.20. The van der Waals surface area contributed by atoms with Gasteiger partial charge >= 0.3 is 0 Å². The van der Waals surface area contributed by atoms with Gasteiger partial charge in [-0.2, -0.15) is 0 Å². The second kappa shape index (κ2) is 12.9. The minimum absolute atomic E-state index is 0. The number of hydrogen-bond donors (Lipinski definition) is 2. The number of guanidine groups is 1. The topological polar surface area (TPSA) is 56.7 Å². The zero-order valence-corrected chi connectivity index (χ0v) is 18.4. The number of hydrogen-bond acceptors (Lipinski definition) is 2. The molecule has 1 aliphatic heterocycles. The molecular weight excluding hydrogens is 439 g/mol. The lowest BCUT2D eigenvalue weighted by Gasteiger charge is -2.34. The van der Waals surface area contributed by atoms with E-state index >= 15 is 0 Å². The quantitative estimate of drug-likeness (QED) is 0.365. The summed E-state index contributed by atoms with van der Waals surface area (Å²) in [6, 6.07) is 10.7. The molecule has 1 heterocycles. The molecule has 1 amide bonds. The van der Waals surface area contributed by atoms with Crippen LogP contribution in [0.4, 0.5) is 0 Å². The fraction of sp³-hybridized carbons (Fsp3) is 0.600. The van der Waals surface area contributed by atoms with Gasteiger partial charge in [-0.25, -0.2) is 4.99 Å². The number of benzene rings is 1. The van der Waals surface area contributed by atoms with Crippen molar-refractivity contribution in [2.24, 2.45) is 10.9 Å². The number of rotatable bonds is 7. The van der Waals surface area contributed by atoms with Gasteiger partial charge in [0.2, 0.25) is 5.91 Å². The number of amides is 1. The van der Waals surface area contributed by atoms with Crippen LogP contribution in [0.25, 0.3) is 0 Å². The van der Waals surface area contributed by atoms with Crippen LogP contribution in [0, 0.1) is 5.92 Å². The first-order valence-corrected chi connectivity index (χ1v) is 9.56. The van der Waals surface area contributed by atoms with E-state index in [1.54, 1.807) is 0 Å². The molecule has 1 saturated heterocycles. The highest BCUT2D eigenvalue weighted by atomic mass is 127. The van der Waals surface area contributed by atoms with Crippen LogP contribution in [-0.4, -0.2) is 49.5 Å². The number of carbonyl (C=O) groups is 1. The Labute approximate surface area is 175 Å². The van der Waals surface area contributed by atoms with Crippen LogP contribution in [0.5, 0.6) is 0 Å². The average Bonchev–Trinajstić information content (AvgIpc) is 2.65. The van der Waals surface area contributed by atoms with E-state index in [0.717, 1.165) is 50.9 Å². The SMILES string of the molecule is CCCNC(=O)CN=C(NCC)N1CCC(Cc2ccccc2)CC1.I. The van der Waals surface area contributed by atoms with E-state index in [1.807, 2.05) is 6.92 Å². The Bertz CT molecular complexity index is 542. The van der Waals surface area contributed by atoms with Crippen molar-refractivity contribution >= 4 is 35.8 Å². The van der Waals surface area contributed by atoms with E-state index in [-0.39, 0.29) is 36.4 Å². The molecule has 1 aromatic carbocycles. The summed E-state index contributed by atoms with van der Waals surface area (Å²) in [5.74, 6) is 1.60. The molecule has 0 aliphatic carbocycles. The molecule has 1 aliphatic rings. The maximum Gasteiger partial charge on any atom is 0.241 e. The van der Waals surface area contributed by atoms with E-state index in [4.69, 9.17) is 0 Å².